The first kappa shape index (κ1) is 14.3. The summed E-state index contributed by atoms with van der Waals surface area (Å²) in [5, 5.41) is 4.28. The summed E-state index contributed by atoms with van der Waals surface area (Å²) in [6.45, 7) is 1.65. The normalized spacial score (nSPS) is 19.2. The first-order valence-electron chi connectivity index (χ1n) is 7.10. The van der Waals surface area contributed by atoms with Crippen LogP contribution in [0.15, 0.2) is 32.5 Å². The fourth-order valence-corrected chi connectivity index (χ4v) is 3.70. The lowest BCUT2D eigenvalue weighted by Gasteiger charge is -2.24. The molecule has 1 aliphatic rings. The summed E-state index contributed by atoms with van der Waals surface area (Å²) in [6.07, 6.45) is 2.29. The average molecular weight is 305 g/mol. The Morgan fingerprint density at radius 1 is 1.29 bits per heavy atom. The molecule has 1 aliphatic heterocycles. The summed E-state index contributed by atoms with van der Waals surface area (Å²) < 4.78 is 2.72. The first-order valence-corrected chi connectivity index (χ1v) is 8.04. The highest BCUT2D eigenvalue weighted by Gasteiger charge is 2.27. The van der Waals surface area contributed by atoms with E-state index in [0.29, 0.717) is 12.6 Å². The Morgan fingerprint density at radius 2 is 2.10 bits per heavy atom. The van der Waals surface area contributed by atoms with Crippen LogP contribution in [0.3, 0.4) is 0 Å². The molecule has 3 heterocycles. The molecule has 3 rings (SSSR count). The van der Waals surface area contributed by atoms with Gasteiger partial charge in [0, 0.05) is 38.4 Å². The molecule has 112 valence electrons. The molecule has 1 unspecified atom stereocenters. The third-order valence-corrected chi connectivity index (χ3v) is 4.98. The van der Waals surface area contributed by atoms with Crippen LogP contribution < -0.4 is 11.2 Å². The Bertz CT molecular complexity index is 745. The van der Waals surface area contributed by atoms with Gasteiger partial charge in [-0.25, -0.2) is 4.79 Å². The molecule has 2 aromatic heterocycles. The Morgan fingerprint density at radius 3 is 2.81 bits per heavy atom. The highest BCUT2D eigenvalue weighted by atomic mass is 32.1. The van der Waals surface area contributed by atoms with Crippen molar-refractivity contribution in [2.45, 2.75) is 25.4 Å². The van der Waals surface area contributed by atoms with Crippen LogP contribution in [0.25, 0.3) is 0 Å². The maximum atomic E-state index is 12.0. The maximum absolute atomic E-state index is 12.0. The molecule has 21 heavy (non-hydrogen) atoms. The quantitative estimate of drug-likeness (QED) is 0.863. The fraction of sp³-hybridized carbons (Fsp3) is 0.467. The summed E-state index contributed by atoms with van der Waals surface area (Å²) >= 11 is 1.71. The van der Waals surface area contributed by atoms with Crippen LogP contribution in [0.4, 0.5) is 0 Å². The summed E-state index contributed by atoms with van der Waals surface area (Å²) in [7, 11) is 3.24. The van der Waals surface area contributed by atoms with Gasteiger partial charge in [0.25, 0.3) is 5.56 Å². The first-order chi connectivity index (χ1) is 10.1. The van der Waals surface area contributed by atoms with Gasteiger partial charge >= 0.3 is 5.69 Å². The minimum Gasteiger partial charge on any atom is -0.299 e. The van der Waals surface area contributed by atoms with E-state index in [0.717, 1.165) is 29.6 Å². The van der Waals surface area contributed by atoms with Crippen molar-refractivity contribution in [3.63, 3.8) is 0 Å². The zero-order valence-corrected chi connectivity index (χ0v) is 13.1. The topological polar surface area (TPSA) is 47.2 Å². The number of rotatable bonds is 3. The Kier molecular flexibility index (Phi) is 3.82. The lowest BCUT2D eigenvalue weighted by Crippen LogP contribution is -2.39. The Hall–Kier alpha value is -1.66. The lowest BCUT2D eigenvalue weighted by atomic mass is 10.1. The van der Waals surface area contributed by atoms with Gasteiger partial charge in [0.1, 0.15) is 0 Å². The molecule has 0 aromatic carbocycles. The van der Waals surface area contributed by atoms with E-state index in [1.54, 1.807) is 29.0 Å². The standard InChI is InChI=1S/C15H19N3O2S/c1-16-12(8-14(19)17(2)15(16)20)9-18-6-3-4-13(18)11-5-7-21-10-11/h5,7-8,10,13H,3-4,6,9H2,1-2H3. The average Bonchev–Trinajstić information content (AvgIpc) is 3.12. The second-order valence-corrected chi connectivity index (χ2v) is 6.34. The molecule has 1 atom stereocenters. The maximum Gasteiger partial charge on any atom is 0.330 e. The lowest BCUT2D eigenvalue weighted by molar-refractivity contribution is 0.241. The van der Waals surface area contributed by atoms with E-state index >= 15 is 0 Å². The van der Waals surface area contributed by atoms with Crippen molar-refractivity contribution in [1.82, 2.24) is 14.0 Å². The van der Waals surface area contributed by atoms with Crippen LogP contribution in [0.2, 0.25) is 0 Å². The van der Waals surface area contributed by atoms with E-state index in [1.165, 1.54) is 12.6 Å². The van der Waals surface area contributed by atoms with Gasteiger partial charge < -0.3 is 0 Å². The number of nitrogens with zero attached hydrogens (tertiary/aromatic N) is 3. The minimum absolute atomic E-state index is 0.237. The van der Waals surface area contributed by atoms with Crippen molar-refractivity contribution in [2.75, 3.05) is 6.54 Å². The second-order valence-electron chi connectivity index (χ2n) is 5.56. The summed E-state index contributed by atoms with van der Waals surface area (Å²) in [5.74, 6) is 0. The highest BCUT2D eigenvalue weighted by Crippen LogP contribution is 2.33. The van der Waals surface area contributed by atoms with Crippen molar-refractivity contribution in [3.8, 4) is 0 Å². The number of thiophene rings is 1. The Balaban J connectivity index is 1.90. The largest absolute Gasteiger partial charge is 0.330 e. The molecule has 0 N–H and O–H groups in total. The predicted octanol–water partition coefficient (Wildman–Crippen LogP) is 1.48. The van der Waals surface area contributed by atoms with Crippen LogP contribution in [0, 0.1) is 0 Å². The van der Waals surface area contributed by atoms with Gasteiger partial charge in [0.15, 0.2) is 0 Å². The highest BCUT2D eigenvalue weighted by molar-refractivity contribution is 7.07. The molecule has 0 amide bonds. The molecule has 5 nitrogen and oxygen atoms in total. The molecule has 0 saturated carbocycles. The fourth-order valence-electron chi connectivity index (χ4n) is 3.00. The molecule has 0 radical (unpaired) electrons. The van der Waals surface area contributed by atoms with Crippen LogP contribution in [-0.2, 0) is 20.6 Å². The third kappa shape index (κ3) is 2.61. The zero-order valence-electron chi connectivity index (χ0n) is 12.3. The molecule has 6 heteroatoms. The smallest absolute Gasteiger partial charge is 0.299 e. The van der Waals surface area contributed by atoms with Crippen LogP contribution >= 0.6 is 11.3 Å². The summed E-state index contributed by atoms with van der Waals surface area (Å²) in [4.78, 5) is 26.2. The van der Waals surface area contributed by atoms with Gasteiger partial charge in [-0.1, -0.05) is 0 Å². The van der Waals surface area contributed by atoms with Gasteiger partial charge in [-0.05, 0) is 41.8 Å². The molecular formula is C15H19N3O2S. The third-order valence-electron chi connectivity index (χ3n) is 4.28. The molecule has 0 aliphatic carbocycles. The number of hydrogen-bond donors (Lipinski definition) is 0. The van der Waals surface area contributed by atoms with E-state index in [9.17, 15) is 9.59 Å². The van der Waals surface area contributed by atoms with Crippen molar-refractivity contribution in [2.24, 2.45) is 14.1 Å². The molecule has 2 aromatic rings. The van der Waals surface area contributed by atoms with Crippen molar-refractivity contribution >= 4 is 11.3 Å². The summed E-state index contributed by atoms with van der Waals surface area (Å²) in [5.41, 5.74) is 1.62. The SMILES string of the molecule is Cn1c(CN2CCCC2c2ccsc2)cc(=O)n(C)c1=O. The van der Waals surface area contributed by atoms with Crippen molar-refractivity contribution in [1.29, 1.82) is 0 Å². The predicted molar refractivity (Wildman–Crippen MR) is 83.6 cm³/mol. The molecule has 1 saturated heterocycles. The van der Waals surface area contributed by atoms with Crippen LogP contribution in [0.5, 0.6) is 0 Å². The number of likely N-dealkylation sites (tertiary alicyclic amines) is 1. The van der Waals surface area contributed by atoms with Gasteiger partial charge in [0.2, 0.25) is 0 Å². The van der Waals surface area contributed by atoms with Crippen molar-refractivity contribution in [3.05, 3.63) is 55.0 Å². The van der Waals surface area contributed by atoms with E-state index < -0.39 is 0 Å². The molecule has 0 spiro atoms. The van der Waals surface area contributed by atoms with Gasteiger partial charge in [-0.2, -0.15) is 11.3 Å². The number of hydrogen-bond acceptors (Lipinski definition) is 4. The zero-order chi connectivity index (χ0) is 15.0. The van der Waals surface area contributed by atoms with E-state index in [1.807, 2.05) is 0 Å². The van der Waals surface area contributed by atoms with E-state index in [-0.39, 0.29) is 11.2 Å². The molecule has 0 bridgehead atoms. The van der Waals surface area contributed by atoms with Crippen molar-refractivity contribution < 1.29 is 0 Å². The molecular weight excluding hydrogens is 286 g/mol. The molecule has 1 fully saturated rings. The van der Waals surface area contributed by atoms with Gasteiger partial charge in [0.05, 0.1) is 0 Å². The second kappa shape index (κ2) is 5.61. The van der Waals surface area contributed by atoms with Gasteiger partial charge in [-0.15, -0.1) is 0 Å². The summed E-state index contributed by atoms with van der Waals surface area (Å²) in [6, 6.07) is 4.14. The van der Waals surface area contributed by atoms with E-state index in [2.05, 4.69) is 21.7 Å². The monoisotopic (exact) mass is 305 g/mol. The number of aromatic nitrogens is 2. The Labute approximate surface area is 127 Å². The van der Waals surface area contributed by atoms with E-state index in [4.69, 9.17) is 0 Å². The van der Waals surface area contributed by atoms with Gasteiger partial charge in [-0.3, -0.25) is 18.8 Å². The minimum atomic E-state index is -0.260. The van der Waals surface area contributed by atoms with Crippen LogP contribution in [0.1, 0.15) is 30.1 Å². The van der Waals surface area contributed by atoms with Crippen LogP contribution in [-0.4, -0.2) is 20.6 Å².